The van der Waals surface area contributed by atoms with Crippen molar-refractivity contribution in [3.05, 3.63) is 18.0 Å². The van der Waals surface area contributed by atoms with E-state index < -0.39 is 10.0 Å². The van der Waals surface area contributed by atoms with Crippen molar-refractivity contribution in [1.29, 1.82) is 0 Å². The molecule has 6 heteroatoms. The molecule has 21 heavy (non-hydrogen) atoms. The van der Waals surface area contributed by atoms with Crippen molar-refractivity contribution in [2.24, 2.45) is 0 Å². The summed E-state index contributed by atoms with van der Waals surface area (Å²) in [7, 11) is -1.65. The zero-order valence-electron chi connectivity index (χ0n) is 13.0. The van der Waals surface area contributed by atoms with Gasteiger partial charge in [-0.3, -0.25) is 0 Å². The average Bonchev–Trinajstić information content (AvgIpc) is 3.33. The molecule has 0 spiro atoms. The van der Waals surface area contributed by atoms with E-state index in [9.17, 15) is 8.42 Å². The molecular formula is C15H25N3O2S. The molecule has 0 aromatic carbocycles. The predicted octanol–water partition coefficient (Wildman–Crippen LogP) is 2.10. The van der Waals surface area contributed by atoms with Crippen LogP contribution in [0.4, 0.5) is 0 Å². The van der Waals surface area contributed by atoms with E-state index in [1.54, 1.807) is 13.2 Å². The highest BCUT2D eigenvalue weighted by Gasteiger charge is 2.36. The Balaban J connectivity index is 1.85. The molecule has 3 rings (SSSR count). The molecule has 2 fully saturated rings. The Kier molecular flexibility index (Phi) is 3.88. The van der Waals surface area contributed by atoms with Crippen LogP contribution in [-0.4, -0.2) is 36.4 Å². The third-order valence-corrected chi connectivity index (χ3v) is 6.23. The zero-order chi connectivity index (χ0) is 15.2. The summed E-state index contributed by atoms with van der Waals surface area (Å²) in [6.45, 7) is 4.91. The number of nitrogens with zero attached hydrogens (tertiary/aromatic N) is 2. The number of aromatic nitrogens is 1. The van der Waals surface area contributed by atoms with Gasteiger partial charge in [-0.25, -0.2) is 8.42 Å². The lowest BCUT2D eigenvalue weighted by molar-refractivity contribution is 0.464. The summed E-state index contributed by atoms with van der Waals surface area (Å²) in [6.07, 6.45) is 6.23. The molecule has 5 nitrogen and oxygen atoms in total. The van der Waals surface area contributed by atoms with Gasteiger partial charge in [0.25, 0.3) is 0 Å². The molecule has 1 aromatic heterocycles. The van der Waals surface area contributed by atoms with Gasteiger partial charge in [0.05, 0.1) is 0 Å². The van der Waals surface area contributed by atoms with Gasteiger partial charge in [0.2, 0.25) is 10.0 Å². The Morgan fingerprint density at radius 1 is 1.33 bits per heavy atom. The normalized spacial score (nSPS) is 19.7. The van der Waals surface area contributed by atoms with E-state index >= 15 is 0 Å². The molecule has 0 amide bonds. The summed E-state index contributed by atoms with van der Waals surface area (Å²) >= 11 is 0. The van der Waals surface area contributed by atoms with E-state index in [1.165, 1.54) is 17.1 Å². The Bertz CT molecular complexity index is 613. The highest BCUT2D eigenvalue weighted by atomic mass is 32.2. The van der Waals surface area contributed by atoms with Gasteiger partial charge < -0.3 is 9.88 Å². The van der Waals surface area contributed by atoms with Crippen LogP contribution in [0.5, 0.6) is 0 Å². The molecule has 2 saturated carbocycles. The maximum atomic E-state index is 12.6. The van der Waals surface area contributed by atoms with Gasteiger partial charge in [0.15, 0.2) is 0 Å². The van der Waals surface area contributed by atoms with E-state index in [-0.39, 0.29) is 12.1 Å². The Morgan fingerprint density at radius 3 is 2.52 bits per heavy atom. The lowest BCUT2D eigenvalue weighted by atomic mass is 10.3. The maximum Gasteiger partial charge on any atom is 0.244 e. The Morgan fingerprint density at radius 2 is 2.00 bits per heavy atom. The third-order valence-electron chi connectivity index (χ3n) is 4.35. The standard InChI is InChI=1S/C15H25N3O2S/c1-11(2)18-10-15(8-14(18)9-16-12-4-5-12)21(19,20)17(3)13-6-7-13/h8,10-13,16H,4-7,9H2,1-3H3. The van der Waals surface area contributed by atoms with Crippen LogP contribution in [0.2, 0.25) is 0 Å². The molecule has 0 saturated heterocycles. The van der Waals surface area contributed by atoms with E-state index in [4.69, 9.17) is 0 Å². The van der Waals surface area contributed by atoms with Crippen LogP contribution in [-0.2, 0) is 16.6 Å². The van der Waals surface area contributed by atoms with Crippen LogP contribution in [0.3, 0.4) is 0 Å². The van der Waals surface area contributed by atoms with Crippen LogP contribution in [0.1, 0.15) is 51.3 Å². The summed E-state index contributed by atoms with van der Waals surface area (Å²) in [4.78, 5) is 0.429. The van der Waals surface area contributed by atoms with Crippen molar-refractivity contribution < 1.29 is 8.42 Å². The van der Waals surface area contributed by atoms with Gasteiger partial charge >= 0.3 is 0 Å². The van der Waals surface area contributed by atoms with Crippen LogP contribution in [0.25, 0.3) is 0 Å². The lowest BCUT2D eigenvalue weighted by Crippen LogP contribution is -2.28. The minimum atomic E-state index is -3.35. The summed E-state index contributed by atoms with van der Waals surface area (Å²) in [6, 6.07) is 2.92. The molecule has 0 unspecified atom stereocenters. The van der Waals surface area contributed by atoms with E-state index in [0.717, 1.165) is 25.1 Å². The number of hydrogen-bond acceptors (Lipinski definition) is 3. The summed E-state index contributed by atoms with van der Waals surface area (Å²) in [5, 5.41) is 3.47. The average molecular weight is 311 g/mol. The first-order valence-corrected chi connectivity index (χ1v) is 9.26. The first-order valence-electron chi connectivity index (χ1n) is 7.81. The van der Waals surface area contributed by atoms with Crippen molar-refractivity contribution in [1.82, 2.24) is 14.2 Å². The van der Waals surface area contributed by atoms with Crippen LogP contribution in [0.15, 0.2) is 17.2 Å². The first kappa shape index (κ1) is 15.1. The fourth-order valence-corrected chi connectivity index (χ4v) is 4.06. The number of hydrogen-bond donors (Lipinski definition) is 1. The smallest absolute Gasteiger partial charge is 0.244 e. The van der Waals surface area contributed by atoms with Gasteiger partial charge in [0.1, 0.15) is 4.90 Å². The second-order valence-electron chi connectivity index (χ2n) is 6.58. The van der Waals surface area contributed by atoms with Gasteiger partial charge in [-0.05, 0) is 45.6 Å². The van der Waals surface area contributed by atoms with Gasteiger partial charge in [-0.1, -0.05) is 0 Å². The van der Waals surface area contributed by atoms with E-state index in [0.29, 0.717) is 10.9 Å². The minimum absolute atomic E-state index is 0.199. The van der Waals surface area contributed by atoms with Gasteiger partial charge in [0, 0.05) is 43.6 Å². The highest BCUT2D eigenvalue weighted by molar-refractivity contribution is 7.89. The van der Waals surface area contributed by atoms with Crippen molar-refractivity contribution in [2.75, 3.05) is 7.05 Å². The molecule has 0 bridgehead atoms. The number of rotatable bonds is 7. The Hall–Kier alpha value is -0.850. The first-order chi connectivity index (χ1) is 9.89. The fraction of sp³-hybridized carbons (Fsp3) is 0.733. The molecule has 1 aromatic rings. The molecule has 0 atom stereocenters. The van der Waals surface area contributed by atoms with Crippen LogP contribution >= 0.6 is 0 Å². The molecule has 2 aliphatic rings. The molecule has 0 aliphatic heterocycles. The molecule has 0 radical (unpaired) electrons. The quantitative estimate of drug-likeness (QED) is 0.839. The van der Waals surface area contributed by atoms with E-state index in [2.05, 4.69) is 23.7 Å². The topological polar surface area (TPSA) is 54.3 Å². The van der Waals surface area contributed by atoms with Crippen LogP contribution < -0.4 is 5.32 Å². The molecule has 1 heterocycles. The fourth-order valence-electron chi connectivity index (χ4n) is 2.60. The molecule has 2 aliphatic carbocycles. The molecule has 1 N–H and O–H groups in total. The largest absolute Gasteiger partial charge is 0.346 e. The molecular weight excluding hydrogens is 286 g/mol. The third kappa shape index (κ3) is 3.17. The second kappa shape index (κ2) is 5.41. The van der Waals surface area contributed by atoms with Crippen LogP contribution in [0, 0.1) is 0 Å². The zero-order valence-corrected chi connectivity index (χ0v) is 13.9. The lowest BCUT2D eigenvalue weighted by Gasteiger charge is -2.15. The summed E-state index contributed by atoms with van der Waals surface area (Å²) in [5.41, 5.74) is 1.06. The maximum absolute atomic E-state index is 12.6. The highest BCUT2D eigenvalue weighted by Crippen LogP contribution is 2.31. The van der Waals surface area contributed by atoms with Crippen molar-refractivity contribution in [2.45, 2.75) is 69.1 Å². The van der Waals surface area contributed by atoms with E-state index in [1.807, 2.05) is 6.07 Å². The minimum Gasteiger partial charge on any atom is -0.346 e. The van der Waals surface area contributed by atoms with Crippen molar-refractivity contribution in [3.63, 3.8) is 0 Å². The summed E-state index contributed by atoms with van der Waals surface area (Å²) < 4.78 is 28.9. The van der Waals surface area contributed by atoms with Gasteiger partial charge in [-0.15, -0.1) is 0 Å². The number of nitrogens with one attached hydrogen (secondary N) is 1. The SMILES string of the molecule is CC(C)n1cc(S(=O)(=O)N(C)C2CC2)cc1CNC1CC1. The van der Waals surface area contributed by atoms with Crippen molar-refractivity contribution >= 4 is 10.0 Å². The summed E-state index contributed by atoms with van der Waals surface area (Å²) in [5.74, 6) is 0. The Labute approximate surface area is 127 Å². The van der Waals surface area contributed by atoms with Gasteiger partial charge in [-0.2, -0.15) is 4.31 Å². The molecule has 118 valence electrons. The van der Waals surface area contributed by atoms with Crippen molar-refractivity contribution in [3.8, 4) is 0 Å². The number of sulfonamides is 1. The monoisotopic (exact) mass is 311 g/mol. The second-order valence-corrected chi connectivity index (χ2v) is 8.57. The predicted molar refractivity (Wildman–Crippen MR) is 82.6 cm³/mol.